The SMILES string of the molecule is O=C(NCCN1CCOCC1)c1sc2nccc3c2c1NC(=O)N3c1ccc(CCc2ccccc2)cc1. The summed E-state index contributed by atoms with van der Waals surface area (Å²) in [6.45, 7) is 4.49. The number of amides is 3. The highest BCUT2D eigenvalue weighted by atomic mass is 32.1. The van der Waals surface area contributed by atoms with E-state index in [1.165, 1.54) is 22.5 Å². The molecule has 38 heavy (non-hydrogen) atoms. The van der Waals surface area contributed by atoms with Gasteiger partial charge in [0.15, 0.2) is 0 Å². The molecule has 2 aromatic carbocycles. The number of nitrogens with one attached hydrogen (secondary N) is 2. The Bertz CT molecular complexity index is 1450. The minimum atomic E-state index is -0.289. The van der Waals surface area contributed by atoms with Crippen LogP contribution < -0.4 is 15.5 Å². The lowest BCUT2D eigenvalue weighted by atomic mass is 10.0. The van der Waals surface area contributed by atoms with Crippen LogP contribution in [0.5, 0.6) is 0 Å². The third-order valence-electron chi connectivity index (χ3n) is 7.01. The molecule has 2 aliphatic rings. The van der Waals surface area contributed by atoms with Crippen LogP contribution in [0.25, 0.3) is 10.2 Å². The van der Waals surface area contributed by atoms with Gasteiger partial charge in [-0.1, -0.05) is 42.5 Å². The molecule has 0 radical (unpaired) electrons. The van der Waals surface area contributed by atoms with E-state index in [1.54, 1.807) is 11.1 Å². The summed E-state index contributed by atoms with van der Waals surface area (Å²) in [6, 6.07) is 20.1. The molecule has 0 saturated carbocycles. The minimum Gasteiger partial charge on any atom is -0.379 e. The molecule has 3 amide bonds. The number of carbonyl (C=O) groups is 2. The Hall–Kier alpha value is -3.79. The number of ether oxygens (including phenoxy) is 1. The number of benzene rings is 2. The Labute approximate surface area is 225 Å². The molecule has 2 aromatic heterocycles. The number of pyridine rings is 1. The predicted molar refractivity (Wildman–Crippen MR) is 151 cm³/mol. The fraction of sp³-hybridized carbons (Fsp3) is 0.276. The van der Waals surface area contributed by atoms with E-state index in [-0.39, 0.29) is 11.9 Å². The van der Waals surface area contributed by atoms with Crippen molar-refractivity contribution in [2.45, 2.75) is 12.8 Å². The van der Waals surface area contributed by atoms with Gasteiger partial charge in [0.05, 0.1) is 35.7 Å². The minimum absolute atomic E-state index is 0.196. The maximum absolute atomic E-state index is 13.3. The first-order chi connectivity index (χ1) is 18.7. The summed E-state index contributed by atoms with van der Waals surface area (Å²) in [5.41, 5.74) is 4.55. The number of urea groups is 1. The normalized spacial score (nSPS) is 15.5. The van der Waals surface area contributed by atoms with Gasteiger partial charge in [0.25, 0.3) is 5.91 Å². The van der Waals surface area contributed by atoms with Crippen LogP contribution in [0.15, 0.2) is 66.9 Å². The average Bonchev–Trinajstić information content (AvgIpc) is 3.33. The van der Waals surface area contributed by atoms with Crippen LogP contribution in [0.3, 0.4) is 0 Å². The van der Waals surface area contributed by atoms with Crippen LogP contribution in [0, 0.1) is 0 Å². The zero-order valence-corrected chi connectivity index (χ0v) is 21.8. The van der Waals surface area contributed by atoms with E-state index < -0.39 is 0 Å². The fourth-order valence-electron chi connectivity index (χ4n) is 4.98. The molecular weight excluding hydrogens is 498 g/mol. The van der Waals surface area contributed by atoms with E-state index in [9.17, 15) is 9.59 Å². The van der Waals surface area contributed by atoms with Crippen LogP contribution in [0.2, 0.25) is 0 Å². The number of aromatic nitrogens is 1. The van der Waals surface area contributed by atoms with Gasteiger partial charge in [0.1, 0.15) is 9.71 Å². The monoisotopic (exact) mass is 527 g/mol. The lowest BCUT2D eigenvalue weighted by Gasteiger charge is -2.28. The van der Waals surface area contributed by atoms with Gasteiger partial charge in [-0.25, -0.2) is 9.78 Å². The Balaban J connectivity index is 1.20. The highest BCUT2D eigenvalue weighted by molar-refractivity contribution is 7.21. The Morgan fingerprint density at radius 2 is 1.74 bits per heavy atom. The van der Waals surface area contributed by atoms with E-state index >= 15 is 0 Å². The molecule has 0 aliphatic carbocycles. The number of rotatable bonds is 8. The van der Waals surface area contributed by atoms with Gasteiger partial charge in [-0.15, -0.1) is 11.3 Å². The van der Waals surface area contributed by atoms with Crippen LogP contribution in [0.4, 0.5) is 21.9 Å². The average molecular weight is 528 g/mol. The van der Waals surface area contributed by atoms with Gasteiger partial charge in [-0.05, 0) is 42.2 Å². The molecule has 194 valence electrons. The number of anilines is 3. The molecule has 4 heterocycles. The van der Waals surface area contributed by atoms with Crippen molar-refractivity contribution in [2.24, 2.45) is 0 Å². The van der Waals surface area contributed by atoms with Crippen LogP contribution in [0.1, 0.15) is 20.8 Å². The molecular formula is C29H29N5O3S. The predicted octanol–water partition coefficient (Wildman–Crippen LogP) is 4.83. The van der Waals surface area contributed by atoms with Crippen molar-refractivity contribution in [3.63, 3.8) is 0 Å². The number of aryl methyl sites for hydroxylation is 2. The third kappa shape index (κ3) is 5.00. The van der Waals surface area contributed by atoms with Crippen LogP contribution in [-0.2, 0) is 17.6 Å². The standard InChI is InChI=1S/C29H29N5O3S/c35-27(30-14-15-33-16-18-37-19-17-33)26-25-24-23(12-13-31-28(24)38-26)34(29(36)32-25)22-10-8-21(9-11-22)7-6-20-4-2-1-3-5-20/h1-5,8-13H,6-7,14-19H2,(H,30,35)(H,32,36). The molecule has 4 aromatic rings. The first kappa shape index (κ1) is 24.5. The highest BCUT2D eigenvalue weighted by Crippen LogP contribution is 2.45. The lowest BCUT2D eigenvalue weighted by molar-refractivity contribution is 0.0383. The second-order valence-electron chi connectivity index (χ2n) is 9.44. The Morgan fingerprint density at radius 1 is 1.00 bits per heavy atom. The number of carbonyl (C=O) groups excluding carboxylic acids is 2. The van der Waals surface area contributed by atoms with E-state index in [0.29, 0.717) is 17.1 Å². The largest absolute Gasteiger partial charge is 0.379 e. The second-order valence-corrected chi connectivity index (χ2v) is 10.4. The summed E-state index contributed by atoms with van der Waals surface area (Å²) in [5.74, 6) is -0.196. The molecule has 0 bridgehead atoms. The molecule has 8 nitrogen and oxygen atoms in total. The van der Waals surface area contributed by atoms with E-state index in [0.717, 1.165) is 67.3 Å². The molecule has 2 N–H and O–H groups in total. The maximum Gasteiger partial charge on any atom is 0.331 e. The summed E-state index contributed by atoms with van der Waals surface area (Å²) in [7, 11) is 0. The van der Waals surface area contributed by atoms with Crippen LogP contribution in [-0.4, -0.2) is 61.2 Å². The molecule has 6 rings (SSSR count). The van der Waals surface area contributed by atoms with Crippen molar-refractivity contribution in [3.05, 3.63) is 82.9 Å². The van der Waals surface area contributed by atoms with Gasteiger partial charge in [0.2, 0.25) is 0 Å². The van der Waals surface area contributed by atoms with E-state index in [1.807, 2.05) is 24.3 Å². The number of thiophene rings is 1. The Kier molecular flexibility index (Phi) is 7.04. The molecule has 2 aliphatic heterocycles. The number of hydrogen-bond donors (Lipinski definition) is 2. The second kappa shape index (κ2) is 10.9. The van der Waals surface area contributed by atoms with Gasteiger partial charge in [0, 0.05) is 32.4 Å². The molecule has 0 spiro atoms. The molecule has 9 heteroatoms. The number of morpholine rings is 1. The third-order valence-corrected chi connectivity index (χ3v) is 8.11. The first-order valence-electron chi connectivity index (χ1n) is 12.9. The van der Waals surface area contributed by atoms with Crippen molar-refractivity contribution in [1.82, 2.24) is 15.2 Å². The smallest absolute Gasteiger partial charge is 0.331 e. The Morgan fingerprint density at radius 3 is 2.50 bits per heavy atom. The van der Waals surface area contributed by atoms with Gasteiger partial charge in [-0.2, -0.15) is 0 Å². The lowest BCUT2D eigenvalue weighted by Crippen LogP contribution is -2.41. The van der Waals surface area contributed by atoms with Crippen molar-refractivity contribution in [3.8, 4) is 0 Å². The first-order valence-corrected chi connectivity index (χ1v) is 13.7. The molecule has 1 saturated heterocycles. The number of hydrogen-bond acceptors (Lipinski definition) is 6. The van der Waals surface area contributed by atoms with Gasteiger partial charge in [-0.3, -0.25) is 14.6 Å². The summed E-state index contributed by atoms with van der Waals surface area (Å²) >= 11 is 1.30. The van der Waals surface area contributed by atoms with Crippen LogP contribution >= 0.6 is 11.3 Å². The van der Waals surface area contributed by atoms with Gasteiger partial charge >= 0.3 is 6.03 Å². The highest BCUT2D eigenvalue weighted by Gasteiger charge is 2.32. The van der Waals surface area contributed by atoms with Crippen molar-refractivity contribution in [1.29, 1.82) is 0 Å². The topological polar surface area (TPSA) is 86.8 Å². The molecule has 1 fully saturated rings. The zero-order valence-electron chi connectivity index (χ0n) is 21.0. The number of nitrogens with zero attached hydrogens (tertiary/aromatic N) is 3. The maximum atomic E-state index is 13.3. The zero-order chi connectivity index (χ0) is 25.9. The summed E-state index contributed by atoms with van der Waals surface area (Å²) in [5, 5.41) is 6.78. The van der Waals surface area contributed by atoms with Gasteiger partial charge < -0.3 is 15.4 Å². The van der Waals surface area contributed by atoms with Crippen molar-refractivity contribution in [2.75, 3.05) is 49.6 Å². The van der Waals surface area contributed by atoms with Crippen molar-refractivity contribution < 1.29 is 14.3 Å². The molecule has 0 atom stereocenters. The van der Waals surface area contributed by atoms with E-state index in [2.05, 4.69) is 56.9 Å². The summed E-state index contributed by atoms with van der Waals surface area (Å²) in [4.78, 5) is 36.1. The van der Waals surface area contributed by atoms with Crippen molar-refractivity contribution >= 4 is 50.6 Å². The summed E-state index contributed by atoms with van der Waals surface area (Å²) < 4.78 is 5.38. The quantitative estimate of drug-likeness (QED) is 0.343. The fourth-order valence-corrected chi connectivity index (χ4v) is 6.01. The summed E-state index contributed by atoms with van der Waals surface area (Å²) in [6.07, 6.45) is 3.58. The van der Waals surface area contributed by atoms with E-state index in [4.69, 9.17) is 4.74 Å². The molecule has 0 unspecified atom stereocenters.